The van der Waals surface area contributed by atoms with Crippen molar-refractivity contribution in [1.82, 2.24) is 0 Å². The van der Waals surface area contributed by atoms with Gasteiger partial charge in [0.25, 0.3) is 0 Å². The normalized spacial score (nSPS) is 49.1. The molecule has 2 bridgehead atoms. The summed E-state index contributed by atoms with van der Waals surface area (Å²) in [6.07, 6.45) is -0.235. The second kappa shape index (κ2) is 6.77. The molecular weight excluding hydrogens is 448 g/mol. The maximum absolute atomic E-state index is 14.9. The average molecular weight is 491 g/mol. The van der Waals surface area contributed by atoms with E-state index in [-0.39, 0.29) is 39.9 Å². The molecule has 0 aromatic carbocycles. The molecule has 1 N–H and O–H groups in total. The molecule has 0 radical (unpaired) electrons. The molecule has 3 saturated carbocycles. The van der Waals surface area contributed by atoms with Crippen LogP contribution in [0.5, 0.6) is 0 Å². The minimum Gasteiger partial charge on any atom is -0.426 e. The Morgan fingerprint density at radius 1 is 1.18 bits per heavy atom. The van der Waals surface area contributed by atoms with Gasteiger partial charge in [0.15, 0.2) is 25.8 Å². The van der Waals surface area contributed by atoms with Crippen LogP contribution in [0.4, 0.5) is 4.79 Å². The molecule has 190 valence electrons. The Kier molecular flexibility index (Phi) is 4.88. The van der Waals surface area contributed by atoms with E-state index in [9.17, 15) is 14.7 Å². The van der Waals surface area contributed by atoms with Crippen LogP contribution in [-0.2, 0) is 18.7 Å². The topological polar surface area (TPSA) is 82.1 Å². The van der Waals surface area contributed by atoms with E-state index in [1.807, 2.05) is 19.9 Å². The van der Waals surface area contributed by atoms with E-state index in [1.54, 1.807) is 0 Å². The summed E-state index contributed by atoms with van der Waals surface area (Å²) in [5.74, 6) is -0.0443. The fraction of sp³-hybridized carbons (Fsp3) is 0.852. The molecule has 2 spiro atoms. The zero-order chi connectivity index (χ0) is 25.4. The monoisotopic (exact) mass is 490 g/mol. The predicted octanol–water partition coefficient (Wildman–Crippen LogP) is 5.11. The minimum atomic E-state index is -2.28. The first-order valence-electron chi connectivity index (χ1n) is 12.9. The van der Waals surface area contributed by atoms with Gasteiger partial charge < -0.3 is 19.0 Å². The van der Waals surface area contributed by atoms with E-state index >= 15 is 0 Å². The zero-order valence-electron chi connectivity index (χ0n) is 22.4. The highest BCUT2D eigenvalue weighted by molar-refractivity contribution is 6.74. The van der Waals surface area contributed by atoms with Crippen LogP contribution in [0.25, 0.3) is 0 Å². The molecule has 7 heteroatoms. The van der Waals surface area contributed by atoms with E-state index in [4.69, 9.17) is 13.9 Å². The Bertz CT molecular complexity index is 978. The van der Waals surface area contributed by atoms with Gasteiger partial charge in [-0.15, -0.1) is 0 Å². The lowest BCUT2D eigenvalue weighted by Crippen LogP contribution is -2.64. The number of carbonyl (C=O) groups excluding carboxylic acids is 2. The highest BCUT2D eigenvalue weighted by atomic mass is 28.4. The first-order chi connectivity index (χ1) is 15.4. The molecule has 0 amide bonds. The summed E-state index contributed by atoms with van der Waals surface area (Å²) < 4.78 is 19.0. The van der Waals surface area contributed by atoms with Gasteiger partial charge in [0, 0.05) is 11.8 Å². The zero-order valence-corrected chi connectivity index (χ0v) is 23.4. The summed E-state index contributed by atoms with van der Waals surface area (Å²) in [4.78, 5) is 27.7. The van der Waals surface area contributed by atoms with Crippen LogP contribution >= 0.6 is 0 Å². The van der Waals surface area contributed by atoms with Crippen LogP contribution in [0, 0.1) is 40.4 Å². The van der Waals surface area contributed by atoms with Crippen molar-refractivity contribution in [3.63, 3.8) is 0 Å². The van der Waals surface area contributed by atoms with E-state index in [2.05, 4.69) is 54.6 Å². The Hall–Kier alpha value is -1.18. The van der Waals surface area contributed by atoms with Crippen molar-refractivity contribution in [2.24, 2.45) is 40.4 Å². The van der Waals surface area contributed by atoms with Crippen LogP contribution < -0.4 is 0 Å². The van der Waals surface area contributed by atoms with Crippen molar-refractivity contribution < 1.29 is 28.6 Å². The molecule has 5 rings (SSSR count). The van der Waals surface area contributed by atoms with Gasteiger partial charge in [0.1, 0.15) is 6.10 Å². The van der Waals surface area contributed by atoms with E-state index in [0.29, 0.717) is 11.5 Å². The number of aliphatic hydroxyl groups is 1. The number of aliphatic hydroxyl groups excluding tert-OH is 1. The summed E-state index contributed by atoms with van der Waals surface area (Å²) >= 11 is 0. The van der Waals surface area contributed by atoms with Gasteiger partial charge in [0.05, 0.1) is 11.5 Å². The van der Waals surface area contributed by atoms with Gasteiger partial charge >= 0.3 is 6.16 Å². The number of carbonyl (C=O) groups is 2. The minimum absolute atomic E-state index is 0.0390. The number of hydrogen-bond donors (Lipinski definition) is 1. The Balaban J connectivity index is 1.76. The summed E-state index contributed by atoms with van der Waals surface area (Å²) in [5.41, 5.74) is -1.81. The SMILES string of the molecule is CC1=C[C@]23C(=O)[C@@H]([C@H](O[Si](C)(C)C(C)(C)C)[C@H](C)[C@H]4OC(=O)O[C@]42C1O)[C@H]1[C@@H](C[C@H]3C)C1(C)C. The van der Waals surface area contributed by atoms with Crippen molar-refractivity contribution in [3.8, 4) is 0 Å². The standard InChI is InChI=1S/C27H42O6Si/c1-13-12-26-14(2)11-16-18(25(16,7)8)17(21(26)29)19(33-34(9,10)24(4,5)6)15(3)22-27(26,20(13)28)32-23(30)31-22/h12,14-20,22,28H,11H2,1-10H3/t14-,15+,16-,17-,18-,19-,20?,22-,26+,27-/m1/s1. The van der Waals surface area contributed by atoms with Crippen LogP contribution in [0.15, 0.2) is 11.6 Å². The largest absolute Gasteiger partial charge is 0.509 e. The molecule has 4 fully saturated rings. The first kappa shape index (κ1) is 24.5. The molecule has 0 aromatic rings. The third kappa shape index (κ3) is 2.64. The van der Waals surface area contributed by atoms with Gasteiger partial charge in [-0.1, -0.05) is 54.5 Å². The van der Waals surface area contributed by atoms with Crippen molar-refractivity contribution in [2.75, 3.05) is 0 Å². The van der Waals surface area contributed by atoms with Crippen LogP contribution in [0.3, 0.4) is 0 Å². The van der Waals surface area contributed by atoms with Crippen molar-refractivity contribution in [3.05, 3.63) is 11.6 Å². The van der Waals surface area contributed by atoms with Crippen LogP contribution in [0.1, 0.15) is 61.8 Å². The summed E-state index contributed by atoms with van der Waals surface area (Å²) in [6.45, 7) is 21.5. The van der Waals surface area contributed by atoms with Gasteiger partial charge in [-0.25, -0.2) is 4.79 Å². The third-order valence-corrected chi connectivity index (χ3v) is 15.5. The molecule has 1 aliphatic heterocycles. The summed E-state index contributed by atoms with van der Waals surface area (Å²) in [6, 6.07) is 0. The molecule has 1 saturated heterocycles. The van der Waals surface area contributed by atoms with Crippen molar-refractivity contribution >= 4 is 20.3 Å². The molecule has 4 aliphatic carbocycles. The maximum atomic E-state index is 14.9. The van der Waals surface area contributed by atoms with Crippen LogP contribution in [-0.4, -0.2) is 49.3 Å². The predicted molar refractivity (Wildman–Crippen MR) is 131 cm³/mol. The van der Waals surface area contributed by atoms with Gasteiger partial charge in [-0.3, -0.25) is 4.79 Å². The molecule has 1 heterocycles. The lowest BCUT2D eigenvalue weighted by Gasteiger charge is -2.46. The van der Waals surface area contributed by atoms with E-state index in [0.717, 1.165) is 6.42 Å². The van der Waals surface area contributed by atoms with Crippen molar-refractivity contribution in [1.29, 1.82) is 0 Å². The molecule has 10 atom stereocenters. The summed E-state index contributed by atoms with van der Waals surface area (Å²) in [7, 11) is -2.28. The first-order valence-corrected chi connectivity index (χ1v) is 15.8. The number of ether oxygens (including phenoxy) is 2. The molecule has 34 heavy (non-hydrogen) atoms. The van der Waals surface area contributed by atoms with Gasteiger partial charge in [-0.2, -0.15) is 0 Å². The smallest absolute Gasteiger partial charge is 0.426 e. The van der Waals surface area contributed by atoms with Gasteiger partial charge in [-0.05, 0) is 60.2 Å². The number of fused-ring (bicyclic) bond motifs is 3. The lowest BCUT2D eigenvalue weighted by atomic mass is 9.59. The number of Topliss-reactive ketones (excluding diaryl/α,β-unsaturated/α-hetero) is 1. The third-order valence-electron chi connectivity index (χ3n) is 11.0. The highest BCUT2D eigenvalue weighted by Crippen LogP contribution is 2.74. The molecule has 0 aromatic heterocycles. The average Bonchev–Trinajstić information content (AvgIpc) is 3.00. The number of ketones is 1. The van der Waals surface area contributed by atoms with Crippen LogP contribution in [0.2, 0.25) is 18.1 Å². The number of hydrogen-bond acceptors (Lipinski definition) is 6. The second-order valence-corrected chi connectivity index (χ2v) is 18.8. The maximum Gasteiger partial charge on any atom is 0.509 e. The quantitative estimate of drug-likeness (QED) is 0.329. The van der Waals surface area contributed by atoms with Gasteiger partial charge in [0.2, 0.25) is 0 Å². The summed E-state index contributed by atoms with van der Waals surface area (Å²) in [5, 5.41) is 11.5. The molecule has 5 aliphatic rings. The fourth-order valence-electron chi connectivity index (χ4n) is 8.10. The Labute approximate surface area is 204 Å². The second-order valence-electron chi connectivity index (χ2n) is 14.0. The van der Waals surface area contributed by atoms with E-state index < -0.39 is 43.8 Å². The Morgan fingerprint density at radius 2 is 1.79 bits per heavy atom. The highest BCUT2D eigenvalue weighted by Gasteiger charge is 2.82. The van der Waals surface area contributed by atoms with E-state index in [1.165, 1.54) is 0 Å². The molecule has 1 unspecified atom stereocenters. The number of rotatable bonds is 2. The van der Waals surface area contributed by atoms with Crippen molar-refractivity contribution in [2.45, 2.75) is 104 Å². The molecule has 6 nitrogen and oxygen atoms in total. The Morgan fingerprint density at radius 3 is 2.38 bits per heavy atom. The fourth-order valence-corrected chi connectivity index (χ4v) is 9.49. The molecular formula is C27H42O6Si. The lowest BCUT2D eigenvalue weighted by molar-refractivity contribution is -0.163.